The van der Waals surface area contributed by atoms with Gasteiger partial charge in [0.2, 0.25) is 0 Å². The lowest BCUT2D eigenvalue weighted by molar-refractivity contribution is 0.107. The third-order valence-corrected chi connectivity index (χ3v) is 4.44. The van der Waals surface area contributed by atoms with E-state index in [0.29, 0.717) is 12.5 Å². The highest BCUT2D eigenvalue weighted by Crippen LogP contribution is 2.39. The lowest BCUT2D eigenvalue weighted by Gasteiger charge is -2.21. The maximum atomic E-state index is 5.55. The summed E-state index contributed by atoms with van der Waals surface area (Å²) in [6.45, 7) is 1.56. The van der Waals surface area contributed by atoms with Crippen molar-refractivity contribution in [3.8, 4) is 0 Å². The zero-order chi connectivity index (χ0) is 14.9. The van der Waals surface area contributed by atoms with Crippen LogP contribution in [0.4, 0.5) is 0 Å². The summed E-state index contributed by atoms with van der Waals surface area (Å²) in [5, 5.41) is 7.51. The summed E-state index contributed by atoms with van der Waals surface area (Å²) in [4.78, 5) is 15.7. The second kappa shape index (κ2) is 5.73. The highest BCUT2D eigenvalue weighted by Gasteiger charge is 2.37. The minimum absolute atomic E-state index is 0.189. The van der Waals surface area contributed by atoms with E-state index in [9.17, 15) is 0 Å². The zero-order valence-corrected chi connectivity index (χ0v) is 12.6. The molecule has 4 rings (SSSR count). The van der Waals surface area contributed by atoms with Crippen LogP contribution in [0.2, 0.25) is 0 Å². The van der Waals surface area contributed by atoms with Crippen molar-refractivity contribution in [2.75, 3.05) is 13.7 Å². The molecule has 0 radical (unpaired) electrons. The van der Waals surface area contributed by atoms with E-state index in [1.54, 1.807) is 19.5 Å². The van der Waals surface area contributed by atoms with Crippen LogP contribution in [0.5, 0.6) is 0 Å². The average molecular weight is 300 g/mol. The van der Waals surface area contributed by atoms with E-state index in [4.69, 9.17) is 9.72 Å². The number of ether oxygens (including phenoxy) is 1. The molecule has 3 heterocycles. The highest BCUT2D eigenvalue weighted by molar-refractivity contribution is 5.09. The van der Waals surface area contributed by atoms with Gasteiger partial charge < -0.3 is 4.74 Å². The number of methoxy groups -OCH3 is 1. The van der Waals surface area contributed by atoms with Gasteiger partial charge in [0, 0.05) is 32.0 Å². The molecule has 7 nitrogen and oxygen atoms in total. The van der Waals surface area contributed by atoms with Gasteiger partial charge in [-0.2, -0.15) is 5.10 Å². The molecule has 0 bridgehead atoms. The van der Waals surface area contributed by atoms with Gasteiger partial charge in [0.15, 0.2) is 5.82 Å². The summed E-state index contributed by atoms with van der Waals surface area (Å²) >= 11 is 0. The maximum Gasteiger partial charge on any atom is 0.153 e. The lowest BCUT2D eigenvalue weighted by Crippen LogP contribution is -2.26. The third-order valence-electron chi connectivity index (χ3n) is 4.44. The van der Waals surface area contributed by atoms with Crippen LogP contribution in [0.1, 0.15) is 48.7 Å². The Morgan fingerprint density at radius 2 is 2.14 bits per heavy atom. The maximum absolute atomic E-state index is 5.55. The van der Waals surface area contributed by atoms with Gasteiger partial charge in [-0.3, -0.25) is 10.00 Å². The number of H-pyrrole nitrogens is 1. The van der Waals surface area contributed by atoms with Crippen molar-refractivity contribution in [1.29, 1.82) is 0 Å². The minimum Gasteiger partial charge on any atom is -0.380 e. The molecule has 22 heavy (non-hydrogen) atoms. The van der Waals surface area contributed by atoms with E-state index in [-0.39, 0.29) is 12.1 Å². The van der Waals surface area contributed by atoms with Crippen LogP contribution in [-0.2, 0) is 11.3 Å². The van der Waals surface area contributed by atoms with Crippen LogP contribution in [0.15, 0.2) is 18.5 Å². The molecule has 7 heteroatoms. The molecule has 0 aromatic carbocycles. The molecule has 2 aliphatic rings. The molecule has 2 fully saturated rings. The quantitative estimate of drug-likeness (QED) is 0.900. The first kappa shape index (κ1) is 13.8. The SMILES string of the molecule is CO[C@@H]1C[C@@H](c2nc(C3CC3)n[nH]2)N(Cc2ncccn2)C1. The first-order valence-corrected chi connectivity index (χ1v) is 7.78. The number of hydrogen-bond donors (Lipinski definition) is 1. The van der Waals surface area contributed by atoms with Gasteiger partial charge in [-0.25, -0.2) is 15.0 Å². The van der Waals surface area contributed by atoms with Gasteiger partial charge in [-0.15, -0.1) is 0 Å². The molecule has 1 N–H and O–H groups in total. The number of aromatic nitrogens is 5. The molecule has 0 amide bonds. The Balaban J connectivity index is 1.54. The number of nitrogens with zero attached hydrogens (tertiary/aromatic N) is 5. The largest absolute Gasteiger partial charge is 0.380 e. The first-order valence-electron chi connectivity index (χ1n) is 7.78. The molecule has 1 saturated heterocycles. The van der Waals surface area contributed by atoms with Crippen LogP contribution in [0.3, 0.4) is 0 Å². The first-order chi connectivity index (χ1) is 10.8. The number of hydrogen-bond acceptors (Lipinski definition) is 6. The Kier molecular flexibility index (Phi) is 3.59. The van der Waals surface area contributed by atoms with Crippen molar-refractivity contribution in [3.05, 3.63) is 35.9 Å². The molecule has 116 valence electrons. The fourth-order valence-electron chi connectivity index (χ4n) is 3.05. The van der Waals surface area contributed by atoms with Gasteiger partial charge >= 0.3 is 0 Å². The van der Waals surface area contributed by atoms with Crippen molar-refractivity contribution in [1.82, 2.24) is 30.0 Å². The Morgan fingerprint density at radius 3 is 2.86 bits per heavy atom. The van der Waals surface area contributed by atoms with Crippen LogP contribution >= 0.6 is 0 Å². The molecule has 2 aromatic heterocycles. The highest BCUT2D eigenvalue weighted by atomic mass is 16.5. The van der Waals surface area contributed by atoms with Crippen molar-refractivity contribution in [3.63, 3.8) is 0 Å². The lowest BCUT2D eigenvalue weighted by atomic mass is 10.2. The van der Waals surface area contributed by atoms with Crippen LogP contribution in [-0.4, -0.2) is 49.8 Å². The molecular weight excluding hydrogens is 280 g/mol. The molecule has 2 atom stereocenters. The van der Waals surface area contributed by atoms with Gasteiger partial charge in [0.05, 0.1) is 18.7 Å². The summed E-state index contributed by atoms with van der Waals surface area (Å²) in [7, 11) is 1.76. The summed E-state index contributed by atoms with van der Waals surface area (Å²) < 4.78 is 5.55. The number of likely N-dealkylation sites (tertiary alicyclic amines) is 1. The van der Waals surface area contributed by atoms with Crippen molar-refractivity contribution in [2.24, 2.45) is 0 Å². The topological polar surface area (TPSA) is 79.8 Å². The second-order valence-electron chi connectivity index (χ2n) is 6.06. The molecule has 0 spiro atoms. The minimum atomic E-state index is 0.189. The summed E-state index contributed by atoms with van der Waals surface area (Å²) in [6.07, 6.45) is 7.11. The predicted octanol–water partition coefficient (Wildman–Crippen LogP) is 1.43. The molecule has 2 aromatic rings. The van der Waals surface area contributed by atoms with Crippen molar-refractivity contribution < 1.29 is 4.74 Å². The van der Waals surface area contributed by atoms with Gasteiger partial charge in [0.25, 0.3) is 0 Å². The Hall–Kier alpha value is -1.86. The van der Waals surface area contributed by atoms with Crippen LogP contribution in [0, 0.1) is 0 Å². The van der Waals surface area contributed by atoms with Gasteiger partial charge in [-0.05, 0) is 25.3 Å². The fraction of sp³-hybridized carbons (Fsp3) is 0.600. The van der Waals surface area contributed by atoms with E-state index in [1.165, 1.54) is 12.8 Å². The molecule has 1 aliphatic heterocycles. The Morgan fingerprint density at radius 1 is 1.32 bits per heavy atom. The van der Waals surface area contributed by atoms with E-state index in [0.717, 1.165) is 30.4 Å². The number of aromatic amines is 1. The predicted molar refractivity (Wildman–Crippen MR) is 79.0 cm³/mol. The summed E-state index contributed by atoms with van der Waals surface area (Å²) in [6, 6.07) is 2.02. The second-order valence-corrected chi connectivity index (χ2v) is 6.06. The number of rotatable bonds is 5. The fourth-order valence-corrected chi connectivity index (χ4v) is 3.05. The van der Waals surface area contributed by atoms with Crippen LogP contribution < -0.4 is 0 Å². The van der Waals surface area contributed by atoms with Gasteiger partial charge in [-0.1, -0.05) is 0 Å². The van der Waals surface area contributed by atoms with Crippen LogP contribution in [0.25, 0.3) is 0 Å². The molecule has 0 unspecified atom stereocenters. The van der Waals surface area contributed by atoms with E-state index in [2.05, 4.69) is 25.1 Å². The standard InChI is InChI=1S/C15H20N6O/c1-22-11-7-12(15-18-14(19-20-15)10-3-4-10)21(8-11)9-13-16-5-2-6-17-13/h2,5-6,10-12H,3-4,7-9H2,1H3,(H,18,19,20)/t11-,12+/m1/s1. The van der Waals surface area contributed by atoms with Crippen molar-refractivity contribution in [2.45, 2.75) is 43.9 Å². The summed E-state index contributed by atoms with van der Waals surface area (Å²) in [5.41, 5.74) is 0. The summed E-state index contributed by atoms with van der Waals surface area (Å²) in [5.74, 6) is 3.30. The normalized spacial score (nSPS) is 25.7. The smallest absolute Gasteiger partial charge is 0.153 e. The average Bonchev–Trinajstić information content (AvgIpc) is 3.14. The Bertz CT molecular complexity index is 626. The van der Waals surface area contributed by atoms with E-state index >= 15 is 0 Å². The van der Waals surface area contributed by atoms with Gasteiger partial charge in [0.1, 0.15) is 11.6 Å². The molecular formula is C15H20N6O. The molecule has 1 aliphatic carbocycles. The van der Waals surface area contributed by atoms with Crippen molar-refractivity contribution >= 4 is 0 Å². The zero-order valence-electron chi connectivity index (χ0n) is 12.6. The Labute approximate surface area is 129 Å². The monoisotopic (exact) mass is 300 g/mol. The number of nitrogens with one attached hydrogen (secondary N) is 1. The third kappa shape index (κ3) is 2.74. The van der Waals surface area contributed by atoms with E-state index in [1.807, 2.05) is 6.07 Å². The molecule has 1 saturated carbocycles. The van der Waals surface area contributed by atoms with E-state index < -0.39 is 0 Å².